The minimum atomic E-state index is -4.97. The third-order valence-electron chi connectivity index (χ3n) is 9.13. The monoisotopic (exact) mass is 954 g/mol. The summed E-state index contributed by atoms with van der Waals surface area (Å²) in [6.07, 6.45) is 0.784. The molecule has 21 nitrogen and oxygen atoms in total. The van der Waals surface area contributed by atoms with Crippen molar-refractivity contribution in [2.45, 2.75) is 29.6 Å². The second-order valence-electron chi connectivity index (χ2n) is 13.5. The number of aromatic nitrogens is 3. The molecule has 0 aliphatic carbocycles. The number of nitrogens with zero attached hydrogens (tertiary/aromatic N) is 8. The predicted molar refractivity (Wildman–Crippen MR) is 238 cm³/mol. The molecule has 0 saturated carbocycles. The largest absolute Gasteiger partial charge is 0.505 e. The van der Waals surface area contributed by atoms with E-state index in [0.717, 1.165) is 11.6 Å². The number of benzene rings is 5. The lowest BCUT2D eigenvalue weighted by molar-refractivity contribution is 0.217. The Kier molecular flexibility index (Phi) is 14.8. The van der Waals surface area contributed by atoms with Crippen LogP contribution in [-0.4, -0.2) is 87.0 Å². The van der Waals surface area contributed by atoms with Crippen molar-refractivity contribution in [2.24, 2.45) is 20.5 Å². The lowest BCUT2D eigenvalue weighted by Crippen LogP contribution is -2.20. The summed E-state index contributed by atoms with van der Waals surface area (Å²) < 4.78 is 100. The number of halogens is 1. The number of phenolic OH excluding ortho intramolecular Hbond substituents is 1. The number of methoxy groups -OCH3 is 1. The van der Waals surface area contributed by atoms with Gasteiger partial charge in [0.1, 0.15) is 16.3 Å². The van der Waals surface area contributed by atoms with Crippen molar-refractivity contribution in [2.75, 3.05) is 48.6 Å². The normalized spacial score (nSPS) is 12.4. The van der Waals surface area contributed by atoms with Crippen LogP contribution in [0, 0.1) is 0 Å². The number of aromatic hydroxyl groups is 1. The molecule has 64 heavy (non-hydrogen) atoms. The highest BCUT2D eigenvalue weighted by Gasteiger charge is 2.24. The van der Waals surface area contributed by atoms with Crippen LogP contribution in [0.1, 0.15) is 18.9 Å². The molecule has 6 aromatic rings. The first kappa shape index (κ1) is 47.2. The molecule has 0 radical (unpaired) electrons. The van der Waals surface area contributed by atoms with Crippen LogP contribution in [0.4, 0.5) is 51.7 Å². The molecule has 6 N–H and O–H groups in total. The SMILES string of the molecule is CCN(c1cccc(S(=O)(=O)CCOC)c1)c1nc(Cl)nc(Nc2cccc(N=Nc3c(S(=O)(=O)O)cc4ccc(N=Nc5ccc(CCCOS(=O)(=O)O)cc5)c(N)c4c3O)c2)n1. The zero-order valence-corrected chi connectivity index (χ0v) is 37.0. The van der Waals surface area contributed by atoms with Gasteiger partial charge in [0.2, 0.25) is 17.2 Å². The Bertz CT molecular complexity index is 3090. The molecule has 0 aliphatic rings. The van der Waals surface area contributed by atoms with Crippen LogP contribution >= 0.6 is 11.6 Å². The van der Waals surface area contributed by atoms with E-state index in [0.29, 0.717) is 36.4 Å². The molecule has 0 aliphatic heterocycles. The summed E-state index contributed by atoms with van der Waals surface area (Å²) in [6.45, 7) is 1.97. The van der Waals surface area contributed by atoms with Crippen molar-refractivity contribution < 1.29 is 48.4 Å². The minimum Gasteiger partial charge on any atom is -0.505 e. The Hall–Kier alpha value is -6.25. The molecule has 0 spiro atoms. The number of nitrogens with two attached hydrogens (primary N) is 1. The van der Waals surface area contributed by atoms with Gasteiger partial charge in [0.25, 0.3) is 10.1 Å². The fraction of sp³-hybridized carbons (Fsp3) is 0.205. The van der Waals surface area contributed by atoms with Crippen molar-refractivity contribution >= 4 is 104 Å². The van der Waals surface area contributed by atoms with Crippen LogP contribution in [0.5, 0.6) is 5.75 Å². The molecule has 1 heterocycles. The lowest BCUT2D eigenvalue weighted by atomic mass is 10.1. The number of anilines is 5. The first-order valence-corrected chi connectivity index (χ1v) is 23.7. The van der Waals surface area contributed by atoms with Crippen molar-refractivity contribution in [3.8, 4) is 5.75 Å². The van der Waals surface area contributed by atoms with E-state index in [-0.39, 0.29) is 68.9 Å². The number of ether oxygens (including phenoxy) is 1. The lowest BCUT2D eigenvalue weighted by Gasteiger charge is -2.22. The van der Waals surface area contributed by atoms with E-state index in [9.17, 15) is 34.9 Å². The molecule has 5 aromatic carbocycles. The van der Waals surface area contributed by atoms with Crippen molar-refractivity contribution in [3.63, 3.8) is 0 Å². The second-order valence-corrected chi connectivity index (χ2v) is 18.4. The van der Waals surface area contributed by atoms with E-state index >= 15 is 0 Å². The van der Waals surface area contributed by atoms with Gasteiger partial charge in [0.15, 0.2) is 15.6 Å². The van der Waals surface area contributed by atoms with Gasteiger partial charge in [-0.05, 0) is 103 Å². The maximum Gasteiger partial charge on any atom is 0.397 e. The average molecular weight is 955 g/mol. The standard InChI is InChI=1S/C39H39ClN10O11S3/c1-3-50(29-10-5-11-30(23-29)62(52,53)20-19-60-2)39-44-37(40)43-38(45-39)42-27-8-4-9-28(22-27)47-49-35-32(63(54,55)56)21-25-14-17-31(34(41)33(25)36(35)51)48-46-26-15-12-24(13-16-26)7-6-18-61-64(57,58)59/h4-5,8-17,21-23,51H,3,6-7,18-20,41H2,1-2H3,(H,54,55,56)(H,57,58,59)(H,42,43,44,45). The Morgan fingerprint density at radius 2 is 1.56 bits per heavy atom. The number of azo groups is 2. The van der Waals surface area contributed by atoms with Crippen molar-refractivity contribution in [1.29, 1.82) is 0 Å². The highest BCUT2D eigenvalue weighted by molar-refractivity contribution is 7.91. The summed E-state index contributed by atoms with van der Waals surface area (Å²) in [4.78, 5) is 13.9. The summed E-state index contributed by atoms with van der Waals surface area (Å²) >= 11 is 6.31. The van der Waals surface area contributed by atoms with Crippen molar-refractivity contribution in [1.82, 2.24) is 15.0 Å². The highest BCUT2D eigenvalue weighted by atomic mass is 35.5. The first-order valence-electron chi connectivity index (χ1n) is 18.8. The fourth-order valence-corrected chi connectivity index (χ4v) is 8.46. The molecule has 0 fully saturated rings. The predicted octanol–water partition coefficient (Wildman–Crippen LogP) is 8.12. The van der Waals surface area contributed by atoms with E-state index in [1.165, 1.54) is 43.5 Å². The van der Waals surface area contributed by atoms with E-state index in [1.807, 2.05) is 6.92 Å². The zero-order valence-electron chi connectivity index (χ0n) is 33.8. The summed E-state index contributed by atoms with van der Waals surface area (Å²) in [5, 5.41) is 30.9. The highest BCUT2D eigenvalue weighted by Crippen LogP contribution is 2.46. The van der Waals surface area contributed by atoms with Gasteiger partial charge in [-0.3, -0.25) is 9.11 Å². The quantitative estimate of drug-likeness (QED) is 0.0221. The maximum absolute atomic E-state index is 12.9. The van der Waals surface area contributed by atoms with Gasteiger partial charge in [-0.15, -0.1) is 10.2 Å². The molecule has 1 aromatic heterocycles. The topological polar surface area (TPSA) is 311 Å². The number of rotatable bonds is 19. The van der Waals surface area contributed by atoms with E-state index < -0.39 is 46.7 Å². The molecular weight excluding hydrogens is 916 g/mol. The fourth-order valence-electron chi connectivity index (χ4n) is 6.11. The summed E-state index contributed by atoms with van der Waals surface area (Å²) in [6, 6.07) is 23.2. The molecule has 336 valence electrons. The van der Waals surface area contributed by atoms with Crippen LogP contribution in [0.3, 0.4) is 0 Å². The number of nitrogens with one attached hydrogen (secondary N) is 1. The second kappa shape index (κ2) is 20.1. The minimum absolute atomic E-state index is 0.00900. The van der Waals surface area contributed by atoms with Gasteiger partial charge < -0.3 is 25.8 Å². The number of hydrogen-bond acceptors (Lipinski definition) is 19. The Morgan fingerprint density at radius 1 is 0.828 bits per heavy atom. The molecule has 25 heteroatoms. The number of sulfone groups is 1. The van der Waals surface area contributed by atoms with E-state index in [1.54, 1.807) is 53.4 Å². The van der Waals surface area contributed by atoms with Crippen LogP contribution in [0.15, 0.2) is 121 Å². The number of nitrogen functional groups attached to an aromatic ring is 1. The van der Waals surface area contributed by atoms with Crippen LogP contribution in [0.25, 0.3) is 10.8 Å². The van der Waals surface area contributed by atoms with Gasteiger partial charge >= 0.3 is 10.4 Å². The first-order chi connectivity index (χ1) is 30.3. The van der Waals surface area contributed by atoms with Crippen LogP contribution < -0.4 is 16.0 Å². The third-order valence-corrected chi connectivity index (χ3v) is 12.3. The summed E-state index contributed by atoms with van der Waals surface area (Å²) in [5.41, 5.74) is 8.09. The van der Waals surface area contributed by atoms with Gasteiger partial charge in [-0.2, -0.15) is 42.0 Å². The summed E-state index contributed by atoms with van der Waals surface area (Å²) in [7, 11) is -11.7. The Labute approximate surface area is 372 Å². The van der Waals surface area contributed by atoms with Gasteiger partial charge in [-0.1, -0.05) is 30.3 Å². The Balaban J connectivity index is 1.24. The van der Waals surface area contributed by atoms with Crippen LogP contribution in [-0.2, 0) is 45.7 Å². The van der Waals surface area contributed by atoms with Crippen LogP contribution in [0.2, 0.25) is 5.28 Å². The van der Waals surface area contributed by atoms with E-state index in [2.05, 4.69) is 44.9 Å². The molecule has 0 saturated heterocycles. The number of phenols is 1. The van der Waals surface area contributed by atoms with Gasteiger partial charge in [0, 0.05) is 25.0 Å². The molecule has 0 atom stereocenters. The number of fused-ring (bicyclic) bond motifs is 1. The number of aryl methyl sites for hydroxylation is 1. The molecule has 0 bridgehead atoms. The van der Waals surface area contributed by atoms with Gasteiger partial charge in [0.05, 0.1) is 46.3 Å². The zero-order chi connectivity index (χ0) is 46.2. The molecular formula is C39H39ClN10O11S3. The molecule has 6 rings (SSSR count). The average Bonchev–Trinajstić information content (AvgIpc) is 3.24. The maximum atomic E-state index is 12.9. The molecule has 0 amide bonds. The molecule has 0 unspecified atom stereocenters. The van der Waals surface area contributed by atoms with Crippen molar-refractivity contribution in [3.05, 3.63) is 102 Å². The smallest absolute Gasteiger partial charge is 0.397 e. The van der Waals surface area contributed by atoms with E-state index in [4.69, 9.17) is 26.6 Å². The third kappa shape index (κ3) is 12.1. The number of hydrogen-bond donors (Lipinski definition) is 5. The summed E-state index contributed by atoms with van der Waals surface area (Å²) in [5.74, 6) is -0.803. The van der Waals surface area contributed by atoms with Gasteiger partial charge in [-0.25, -0.2) is 12.6 Å². The Morgan fingerprint density at radius 3 is 2.27 bits per heavy atom.